The monoisotopic (exact) mass is 412 g/mol. The Morgan fingerprint density at radius 1 is 0.643 bits per heavy atom. The third-order valence-electron chi connectivity index (χ3n) is 4.38. The van der Waals surface area contributed by atoms with Crippen molar-refractivity contribution < 1.29 is 27.4 Å². The highest BCUT2D eigenvalue weighted by molar-refractivity contribution is 4.76. The minimum absolute atomic E-state index is 0.0649. The molecule has 0 rings (SSSR count). The van der Waals surface area contributed by atoms with E-state index in [9.17, 15) is 13.2 Å². The van der Waals surface area contributed by atoms with Gasteiger partial charge in [0.2, 0.25) is 0 Å². The molecule has 0 aliphatic heterocycles. The molecule has 0 amide bonds. The molecule has 0 aromatic carbocycles. The van der Waals surface area contributed by atoms with Gasteiger partial charge in [0.25, 0.3) is 5.97 Å². The van der Waals surface area contributed by atoms with Gasteiger partial charge in [0, 0.05) is 12.3 Å². The number of halogens is 3. The number of ether oxygens (including phenoxy) is 3. The first kappa shape index (κ1) is 27.7. The first-order chi connectivity index (χ1) is 12.9. The summed E-state index contributed by atoms with van der Waals surface area (Å²) in [5.74, 6) is -1.93. The minimum Gasteiger partial charge on any atom is -0.324 e. The zero-order chi connectivity index (χ0) is 21.8. The van der Waals surface area contributed by atoms with Crippen LogP contribution in [-0.2, 0) is 14.2 Å². The Kier molecular flexibility index (Phi) is 13.6. The highest BCUT2D eigenvalue weighted by atomic mass is 19.4. The van der Waals surface area contributed by atoms with E-state index in [1.165, 1.54) is 19.3 Å². The quantitative estimate of drug-likeness (QED) is 0.193. The highest BCUT2D eigenvalue weighted by Gasteiger charge is 2.46. The molecule has 0 aromatic rings. The Bertz CT molecular complexity index is 355. The molecule has 1 atom stereocenters. The number of unbranched alkanes of at least 4 members (excludes halogenated alkanes) is 5. The summed E-state index contributed by atoms with van der Waals surface area (Å²) in [7, 11) is 0. The maximum atomic E-state index is 13.0. The fourth-order valence-corrected chi connectivity index (χ4v) is 3.36. The van der Waals surface area contributed by atoms with E-state index in [2.05, 4.69) is 6.92 Å². The van der Waals surface area contributed by atoms with Crippen molar-refractivity contribution in [2.45, 2.75) is 137 Å². The van der Waals surface area contributed by atoms with Gasteiger partial charge >= 0.3 is 6.18 Å². The van der Waals surface area contributed by atoms with E-state index < -0.39 is 24.5 Å². The molecule has 170 valence electrons. The van der Waals surface area contributed by atoms with Crippen LogP contribution in [-0.4, -0.2) is 30.5 Å². The SMILES string of the molecule is CCCCCCCCC(CCC(F)(F)F)C(OC(C)C)(OC(C)C)OC(C)C. The van der Waals surface area contributed by atoms with E-state index >= 15 is 0 Å². The van der Waals surface area contributed by atoms with Gasteiger partial charge in [0.05, 0.1) is 18.3 Å². The Balaban J connectivity index is 5.43. The van der Waals surface area contributed by atoms with Crippen LogP contribution in [0.1, 0.15) is 106 Å². The normalized spacial score (nSPS) is 14.5. The fourth-order valence-electron chi connectivity index (χ4n) is 3.36. The molecule has 0 N–H and O–H groups in total. The highest BCUT2D eigenvalue weighted by Crippen LogP contribution is 2.39. The lowest BCUT2D eigenvalue weighted by Gasteiger charge is -2.43. The molecule has 0 aliphatic rings. The largest absolute Gasteiger partial charge is 0.389 e. The topological polar surface area (TPSA) is 27.7 Å². The second kappa shape index (κ2) is 13.8. The summed E-state index contributed by atoms with van der Waals surface area (Å²) >= 11 is 0. The first-order valence-corrected chi connectivity index (χ1v) is 11.0. The Morgan fingerprint density at radius 3 is 1.46 bits per heavy atom. The summed E-state index contributed by atoms with van der Waals surface area (Å²) in [5.41, 5.74) is 0. The Labute approximate surface area is 170 Å². The Hall–Kier alpha value is -0.330. The van der Waals surface area contributed by atoms with Gasteiger partial charge in [-0.25, -0.2) is 0 Å². The van der Waals surface area contributed by atoms with Crippen LogP contribution in [0.5, 0.6) is 0 Å². The molecule has 0 spiro atoms. The van der Waals surface area contributed by atoms with Crippen molar-refractivity contribution in [3.63, 3.8) is 0 Å². The van der Waals surface area contributed by atoms with Gasteiger partial charge in [-0.05, 0) is 54.4 Å². The van der Waals surface area contributed by atoms with Gasteiger partial charge in [-0.1, -0.05) is 45.4 Å². The van der Waals surface area contributed by atoms with Crippen molar-refractivity contribution in [2.24, 2.45) is 5.92 Å². The molecular formula is C22H43F3O3. The van der Waals surface area contributed by atoms with Crippen LogP contribution in [0.15, 0.2) is 0 Å². The number of hydrogen-bond donors (Lipinski definition) is 0. The van der Waals surface area contributed by atoms with E-state index in [0.717, 1.165) is 19.3 Å². The van der Waals surface area contributed by atoms with Gasteiger partial charge in [-0.3, -0.25) is 0 Å². The molecule has 0 saturated heterocycles. The van der Waals surface area contributed by atoms with E-state index in [-0.39, 0.29) is 24.7 Å². The van der Waals surface area contributed by atoms with E-state index in [1.807, 2.05) is 41.5 Å². The average molecular weight is 413 g/mol. The maximum Gasteiger partial charge on any atom is 0.389 e. The van der Waals surface area contributed by atoms with Crippen LogP contribution >= 0.6 is 0 Å². The predicted octanol–water partition coefficient (Wildman–Crippen LogP) is 7.62. The van der Waals surface area contributed by atoms with Crippen molar-refractivity contribution in [2.75, 3.05) is 0 Å². The zero-order valence-corrected chi connectivity index (χ0v) is 19.0. The predicted molar refractivity (Wildman–Crippen MR) is 108 cm³/mol. The third kappa shape index (κ3) is 13.0. The lowest BCUT2D eigenvalue weighted by atomic mass is 9.92. The van der Waals surface area contributed by atoms with E-state index in [4.69, 9.17) is 14.2 Å². The van der Waals surface area contributed by atoms with Crippen LogP contribution in [0.3, 0.4) is 0 Å². The van der Waals surface area contributed by atoms with Gasteiger partial charge in [-0.15, -0.1) is 0 Å². The minimum atomic E-state index is -4.21. The lowest BCUT2D eigenvalue weighted by Crippen LogP contribution is -2.51. The average Bonchev–Trinajstić information content (AvgIpc) is 2.50. The molecule has 1 unspecified atom stereocenters. The number of hydrogen-bond acceptors (Lipinski definition) is 3. The van der Waals surface area contributed by atoms with Crippen molar-refractivity contribution >= 4 is 0 Å². The van der Waals surface area contributed by atoms with E-state index in [0.29, 0.717) is 6.42 Å². The van der Waals surface area contributed by atoms with Gasteiger partial charge in [0.1, 0.15) is 0 Å². The van der Waals surface area contributed by atoms with E-state index in [1.54, 1.807) is 0 Å². The molecule has 0 radical (unpaired) electrons. The second-order valence-electron chi connectivity index (χ2n) is 8.51. The van der Waals surface area contributed by atoms with Crippen LogP contribution in [0.25, 0.3) is 0 Å². The number of alkyl halides is 3. The van der Waals surface area contributed by atoms with Crippen molar-refractivity contribution in [3.8, 4) is 0 Å². The van der Waals surface area contributed by atoms with Crippen LogP contribution in [0.2, 0.25) is 0 Å². The molecule has 28 heavy (non-hydrogen) atoms. The summed E-state index contributed by atoms with van der Waals surface area (Å²) in [6.07, 6.45) is 1.27. The smallest absolute Gasteiger partial charge is 0.324 e. The summed E-state index contributed by atoms with van der Waals surface area (Å²) in [6.45, 7) is 13.3. The second-order valence-corrected chi connectivity index (χ2v) is 8.51. The molecular weight excluding hydrogens is 369 g/mol. The molecule has 3 nitrogen and oxygen atoms in total. The summed E-state index contributed by atoms with van der Waals surface area (Å²) in [4.78, 5) is 0. The summed E-state index contributed by atoms with van der Waals surface area (Å²) in [5, 5.41) is 0. The van der Waals surface area contributed by atoms with Crippen LogP contribution in [0.4, 0.5) is 13.2 Å². The van der Waals surface area contributed by atoms with Gasteiger partial charge in [-0.2, -0.15) is 13.2 Å². The molecule has 0 aliphatic carbocycles. The summed E-state index contributed by atoms with van der Waals surface area (Å²) in [6, 6.07) is 0. The molecule has 0 heterocycles. The Morgan fingerprint density at radius 2 is 1.07 bits per heavy atom. The first-order valence-electron chi connectivity index (χ1n) is 11.0. The van der Waals surface area contributed by atoms with Crippen molar-refractivity contribution in [1.82, 2.24) is 0 Å². The molecule has 0 aromatic heterocycles. The standard InChI is InChI=1S/C22H43F3O3/c1-8-9-10-11-12-13-14-20(15-16-21(23,24)25)22(26-17(2)3,27-18(4)5)28-19(6)7/h17-20H,8-16H2,1-7H3. The van der Waals surface area contributed by atoms with Crippen molar-refractivity contribution in [1.29, 1.82) is 0 Å². The number of rotatable bonds is 16. The maximum absolute atomic E-state index is 13.0. The molecule has 0 fully saturated rings. The van der Waals surface area contributed by atoms with Crippen LogP contribution in [0, 0.1) is 5.92 Å². The van der Waals surface area contributed by atoms with Gasteiger partial charge < -0.3 is 14.2 Å². The van der Waals surface area contributed by atoms with Crippen LogP contribution < -0.4 is 0 Å². The lowest BCUT2D eigenvalue weighted by molar-refractivity contribution is -0.433. The molecule has 6 heteroatoms. The third-order valence-corrected chi connectivity index (χ3v) is 4.38. The zero-order valence-electron chi connectivity index (χ0n) is 19.0. The summed E-state index contributed by atoms with van der Waals surface area (Å²) < 4.78 is 57.2. The molecule has 0 saturated carbocycles. The van der Waals surface area contributed by atoms with Gasteiger partial charge in [0.15, 0.2) is 0 Å². The fraction of sp³-hybridized carbons (Fsp3) is 1.00. The molecule has 0 bridgehead atoms. The van der Waals surface area contributed by atoms with Crippen molar-refractivity contribution in [3.05, 3.63) is 0 Å².